The molecule has 2 atom stereocenters. The maximum atomic E-state index is 14.5. The zero-order valence-electron chi connectivity index (χ0n) is 16.3. The van der Waals surface area contributed by atoms with Crippen LogP contribution in [0.2, 0.25) is 0 Å². The Morgan fingerprint density at radius 2 is 1.90 bits per heavy atom. The molecule has 31 heavy (non-hydrogen) atoms. The van der Waals surface area contributed by atoms with Crippen molar-refractivity contribution < 1.29 is 36.6 Å². The monoisotopic (exact) mass is 437 g/mol. The van der Waals surface area contributed by atoms with E-state index >= 15 is 0 Å². The van der Waals surface area contributed by atoms with Crippen molar-refractivity contribution in [1.29, 1.82) is 0 Å². The van der Waals surface area contributed by atoms with Crippen LogP contribution in [0.4, 0.5) is 22.4 Å². The van der Waals surface area contributed by atoms with Crippen LogP contribution in [-0.2, 0) is 16.1 Å². The quantitative estimate of drug-likeness (QED) is 0.638. The van der Waals surface area contributed by atoms with Crippen molar-refractivity contribution in [1.82, 2.24) is 4.90 Å². The van der Waals surface area contributed by atoms with Crippen molar-refractivity contribution in [2.24, 2.45) is 0 Å². The molecule has 0 saturated carbocycles. The average molecular weight is 437 g/mol. The van der Waals surface area contributed by atoms with Gasteiger partial charge in [0.1, 0.15) is 18.2 Å². The number of nitrogens with zero attached hydrogens (tertiary/aromatic N) is 1. The molecule has 2 aromatic carbocycles. The largest absolute Gasteiger partial charge is 0.573 e. The highest BCUT2D eigenvalue weighted by atomic mass is 19.4. The number of halogens is 4. The van der Waals surface area contributed by atoms with Gasteiger partial charge in [-0.1, -0.05) is 36.4 Å². The van der Waals surface area contributed by atoms with E-state index in [9.17, 15) is 22.4 Å². The third-order valence-corrected chi connectivity index (χ3v) is 5.13. The lowest BCUT2D eigenvalue weighted by atomic mass is 9.90. The van der Waals surface area contributed by atoms with E-state index in [0.29, 0.717) is 11.6 Å². The number of carbonyl (C=O) groups excluding carboxylic acids is 1. The van der Waals surface area contributed by atoms with Crippen molar-refractivity contribution in [2.75, 3.05) is 13.2 Å². The summed E-state index contributed by atoms with van der Waals surface area (Å²) < 4.78 is 66.3. The molecule has 2 aromatic rings. The minimum Gasteiger partial charge on any atom is -0.445 e. The molecule has 1 fully saturated rings. The molecular weight excluding hydrogens is 418 g/mol. The molecule has 0 spiro atoms. The molecule has 2 bridgehead atoms. The molecule has 2 aliphatic rings. The van der Waals surface area contributed by atoms with Crippen molar-refractivity contribution in [2.45, 2.75) is 31.5 Å². The van der Waals surface area contributed by atoms with Gasteiger partial charge in [-0.15, -0.1) is 13.2 Å². The predicted molar refractivity (Wildman–Crippen MR) is 103 cm³/mol. The number of benzene rings is 2. The van der Waals surface area contributed by atoms with E-state index in [-0.39, 0.29) is 37.8 Å². The van der Waals surface area contributed by atoms with Crippen LogP contribution in [0, 0.1) is 5.82 Å². The molecule has 1 amide bonds. The summed E-state index contributed by atoms with van der Waals surface area (Å²) >= 11 is 0. The molecule has 0 aliphatic carbocycles. The summed E-state index contributed by atoms with van der Waals surface area (Å²) in [5.74, 6) is -1.45. The van der Waals surface area contributed by atoms with Gasteiger partial charge in [0.2, 0.25) is 0 Å². The van der Waals surface area contributed by atoms with Crippen LogP contribution in [0.25, 0.3) is 5.57 Å². The Morgan fingerprint density at radius 3 is 2.58 bits per heavy atom. The maximum Gasteiger partial charge on any atom is 0.573 e. The first-order valence-corrected chi connectivity index (χ1v) is 9.63. The van der Waals surface area contributed by atoms with Crippen LogP contribution in [-0.4, -0.2) is 42.7 Å². The van der Waals surface area contributed by atoms with Gasteiger partial charge in [0.05, 0.1) is 25.3 Å². The van der Waals surface area contributed by atoms with Gasteiger partial charge in [-0.3, -0.25) is 4.90 Å². The summed E-state index contributed by atoms with van der Waals surface area (Å²) in [5, 5.41) is 0. The van der Waals surface area contributed by atoms with Crippen molar-refractivity contribution in [3.63, 3.8) is 0 Å². The fourth-order valence-corrected chi connectivity index (χ4v) is 3.83. The maximum absolute atomic E-state index is 14.5. The zero-order chi connectivity index (χ0) is 22.0. The number of amides is 1. The lowest BCUT2D eigenvalue weighted by Crippen LogP contribution is -2.56. The highest BCUT2D eigenvalue weighted by molar-refractivity contribution is 5.75. The van der Waals surface area contributed by atoms with E-state index in [1.165, 1.54) is 6.07 Å². The molecule has 5 nitrogen and oxygen atoms in total. The Morgan fingerprint density at radius 1 is 1.13 bits per heavy atom. The number of ether oxygens (including phenoxy) is 3. The molecule has 9 heteroatoms. The first kappa shape index (κ1) is 21.2. The Balaban J connectivity index is 1.50. The molecule has 2 aliphatic heterocycles. The number of morpholine rings is 1. The lowest BCUT2D eigenvalue weighted by Gasteiger charge is -2.43. The van der Waals surface area contributed by atoms with Crippen molar-refractivity contribution in [3.05, 3.63) is 71.6 Å². The Bertz CT molecular complexity index is 977. The number of rotatable bonds is 4. The predicted octanol–water partition coefficient (Wildman–Crippen LogP) is 4.92. The minimum atomic E-state index is -4.90. The molecule has 0 aromatic heterocycles. The first-order chi connectivity index (χ1) is 14.8. The van der Waals surface area contributed by atoms with Gasteiger partial charge in [0, 0.05) is 11.6 Å². The second-order valence-electron chi connectivity index (χ2n) is 7.29. The second-order valence-corrected chi connectivity index (χ2v) is 7.29. The van der Waals surface area contributed by atoms with Crippen LogP contribution < -0.4 is 4.74 Å². The summed E-state index contributed by atoms with van der Waals surface area (Å²) in [5.41, 5.74) is 1.62. The number of fused-ring (bicyclic) bond motifs is 2. The summed E-state index contributed by atoms with van der Waals surface area (Å²) in [6, 6.07) is 11.5. The third kappa shape index (κ3) is 4.99. The van der Waals surface area contributed by atoms with Crippen LogP contribution >= 0.6 is 0 Å². The summed E-state index contributed by atoms with van der Waals surface area (Å²) in [6.45, 7) is 0.602. The van der Waals surface area contributed by atoms with E-state index in [0.717, 1.165) is 11.6 Å². The van der Waals surface area contributed by atoms with Gasteiger partial charge in [0.25, 0.3) is 0 Å². The first-order valence-electron chi connectivity index (χ1n) is 9.63. The van der Waals surface area contributed by atoms with E-state index in [2.05, 4.69) is 4.74 Å². The normalized spacial score (nSPS) is 20.8. The number of alkyl halides is 3. The van der Waals surface area contributed by atoms with Crippen LogP contribution in [0.15, 0.2) is 54.6 Å². The summed E-state index contributed by atoms with van der Waals surface area (Å²) in [6.07, 6.45) is -3.41. The van der Waals surface area contributed by atoms with E-state index < -0.39 is 30.1 Å². The molecule has 2 heterocycles. The zero-order valence-corrected chi connectivity index (χ0v) is 16.3. The average Bonchev–Trinajstić information content (AvgIpc) is 2.71. The number of carbonyl (C=O) groups is 1. The van der Waals surface area contributed by atoms with Crippen LogP contribution in [0.3, 0.4) is 0 Å². The summed E-state index contributed by atoms with van der Waals surface area (Å²) in [4.78, 5) is 14.3. The smallest absolute Gasteiger partial charge is 0.445 e. The van der Waals surface area contributed by atoms with Crippen LogP contribution in [0.5, 0.6) is 5.75 Å². The van der Waals surface area contributed by atoms with Gasteiger partial charge >= 0.3 is 12.5 Å². The van der Waals surface area contributed by atoms with Gasteiger partial charge in [-0.05, 0) is 29.7 Å². The number of hydrogen-bond acceptors (Lipinski definition) is 4. The van der Waals surface area contributed by atoms with Crippen molar-refractivity contribution in [3.8, 4) is 5.75 Å². The Kier molecular flexibility index (Phi) is 5.86. The second kappa shape index (κ2) is 8.58. The molecule has 0 N–H and O–H groups in total. The summed E-state index contributed by atoms with van der Waals surface area (Å²) in [7, 11) is 0. The highest BCUT2D eigenvalue weighted by Gasteiger charge is 2.39. The molecule has 4 rings (SSSR count). The van der Waals surface area contributed by atoms with E-state index in [1.54, 1.807) is 11.0 Å². The molecule has 0 radical (unpaired) electrons. The lowest BCUT2D eigenvalue weighted by molar-refractivity contribution is -0.274. The van der Waals surface area contributed by atoms with Gasteiger partial charge in [0.15, 0.2) is 0 Å². The van der Waals surface area contributed by atoms with Gasteiger partial charge < -0.3 is 14.2 Å². The Hall–Kier alpha value is -3.07. The third-order valence-electron chi connectivity index (χ3n) is 5.13. The molecule has 1 saturated heterocycles. The molecule has 2 unspecified atom stereocenters. The fraction of sp³-hybridized carbons (Fsp3) is 0.318. The van der Waals surface area contributed by atoms with Crippen LogP contribution in [0.1, 0.15) is 17.5 Å². The molecule has 164 valence electrons. The SMILES string of the molecule is O=C(OCc1ccccc1)N1C2C=C(c3ccc(OC(F)(F)F)cc3F)CC1COC2. The standard InChI is InChI=1S/C22H19F4NO4/c23-20-10-18(31-22(24,25)26)6-7-19(20)15-8-16-12-29-13-17(9-15)27(16)21(28)30-11-14-4-2-1-3-5-14/h1-8,10,16-17H,9,11-13H2. The number of hydrogen-bond donors (Lipinski definition) is 0. The molecular formula is C22H19F4NO4. The van der Waals surface area contributed by atoms with E-state index in [1.807, 2.05) is 30.3 Å². The minimum absolute atomic E-state index is 0.127. The van der Waals surface area contributed by atoms with Gasteiger partial charge in [-0.25, -0.2) is 9.18 Å². The fourth-order valence-electron chi connectivity index (χ4n) is 3.83. The van der Waals surface area contributed by atoms with E-state index in [4.69, 9.17) is 9.47 Å². The topological polar surface area (TPSA) is 48.0 Å². The van der Waals surface area contributed by atoms with Crippen molar-refractivity contribution >= 4 is 11.7 Å². The van der Waals surface area contributed by atoms with Gasteiger partial charge in [-0.2, -0.15) is 0 Å². The highest BCUT2D eigenvalue weighted by Crippen LogP contribution is 2.35. The Labute approximate surface area is 175 Å².